The maximum absolute atomic E-state index is 5.38. The fraction of sp³-hybridized carbons (Fsp3) is 0.605. The highest BCUT2D eigenvalue weighted by Crippen LogP contribution is 2.26. The standard InChI is InChI=1S/C7H12N2.C7H14O2.C7H10O.C7H10S.2C5H8N2O/c1-5(2)7-4-6(3)8-9-7;1-6(2)7(3)8-4-5-9-7;2*1-6(2)7-4-3-5-8-7;1-4(2)5-7-6-3-8-5;1-4(2)5-6-3-7-8-5/h5,8H,3-4H2,1-2H3;6H,4-5H2,1-3H3;2*3-6H,1-2H3;2*3-4H,1-2H3. The molecule has 0 aliphatic carbocycles. The minimum Gasteiger partial charge on any atom is -0.469 e. The summed E-state index contributed by atoms with van der Waals surface area (Å²) in [6.45, 7) is 32.4. The van der Waals surface area contributed by atoms with Gasteiger partial charge in [-0.2, -0.15) is 10.1 Å². The molecule has 0 bridgehead atoms. The molecule has 0 radical (unpaired) electrons. The van der Waals surface area contributed by atoms with E-state index in [1.807, 2.05) is 58.1 Å². The van der Waals surface area contributed by atoms with Gasteiger partial charge in [0.1, 0.15) is 5.76 Å². The van der Waals surface area contributed by atoms with Crippen LogP contribution in [0.4, 0.5) is 0 Å². The van der Waals surface area contributed by atoms with Crippen molar-refractivity contribution in [2.45, 2.75) is 126 Å². The van der Waals surface area contributed by atoms with Crippen molar-refractivity contribution in [3.8, 4) is 0 Å². The van der Waals surface area contributed by atoms with Gasteiger partial charge in [0.15, 0.2) is 12.1 Å². The quantitative estimate of drug-likeness (QED) is 0.206. The van der Waals surface area contributed by atoms with Crippen LogP contribution in [0.1, 0.15) is 143 Å². The number of allylic oxidation sites excluding steroid dienone is 1. The highest BCUT2D eigenvalue weighted by molar-refractivity contribution is 7.10. The Balaban J connectivity index is 0.000000300. The summed E-state index contributed by atoms with van der Waals surface area (Å²) >= 11 is 1.83. The Bertz CT molecular complexity index is 1240. The lowest BCUT2D eigenvalue weighted by molar-refractivity contribution is -0.172. The minimum absolute atomic E-state index is 0.306. The summed E-state index contributed by atoms with van der Waals surface area (Å²) in [5, 5.41) is 16.9. The van der Waals surface area contributed by atoms with E-state index in [4.69, 9.17) is 22.8 Å². The normalized spacial score (nSPS) is 14.5. The molecule has 0 aromatic carbocycles. The van der Waals surface area contributed by atoms with Crippen LogP contribution in [0.5, 0.6) is 0 Å². The maximum atomic E-state index is 5.38. The number of nitrogens with one attached hydrogen (secondary N) is 1. The number of nitrogens with zero attached hydrogens (tertiary/aromatic N) is 5. The van der Waals surface area contributed by atoms with Crippen LogP contribution >= 0.6 is 11.3 Å². The van der Waals surface area contributed by atoms with E-state index < -0.39 is 0 Å². The molecule has 11 nitrogen and oxygen atoms in total. The Hall–Kier alpha value is -3.61. The first-order valence-corrected chi connectivity index (χ1v) is 18.3. The van der Waals surface area contributed by atoms with Crippen LogP contribution in [-0.2, 0) is 9.47 Å². The molecule has 12 heteroatoms. The third-order valence-electron chi connectivity index (χ3n) is 7.30. The average molecular weight is 715 g/mol. The molecule has 0 amide bonds. The van der Waals surface area contributed by atoms with Gasteiger partial charge in [-0.25, -0.2) is 0 Å². The van der Waals surface area contributed by atoms with Gasteiger partial charge < -0.3 is 22.8 Å². The van der Waals surface area contributed by atoms with Crippen molar-refractivity contribution in [3.63, 3.8) is 0 Å². The molecular weight excluding hydrogens is 653 g/mol. The van der Waals surface area contributed by atoms with Crippen molar-refractivity contribution >= 4 is 17.0 Å². The SMILES string of the molecule is C=C1CC(C(C)C)=NN1.CC(C)C1(C)OCCO1.CC(C)c1ccco1.CC(C)c1cccs1.CC(C)c1ncno1.CC(C)c1nnco1. The van der Waals surface area contributed by atoms with E-state index >= 15 is 0 Å². The monoisotopic (exact) mass is 714 g/mol. The number of thiophene rings is 1. The molecule has 6 heterocycles. The van der Waals surface area contributed by atoms with E-state index in [2.05, 4.69) is 110 Å². The predicted octanol–water partition coefficient (Wildman–Crippen LogP) is 10.6. The molecule has 280 valence electrons. The largest absolute Gasteiger partial charge is 0.469 e. The number of hydrazone groups is 1. The Kier molecular flexibility index (Phi) is 21.1. The van der Waals surface area contributed by atoms with E-state index in [-0.39, 0.29) is 5.79 Å². The third kappa shape index (κ3) is 17.9. The second-order valence-electron chi connectivity index (χ2n) is 13.7. The second-order valence-corrected chi connectivity index (χ2v) is 14.7. The van der Waals surface area contributed by atoms with Crippen LogP contribution in [0.15, 0.2) is 79.4 Å². The molecule has 1 N–H and O–H groups in total. The fourth-order valence-electron chi connectivity index (χ4n) is 3.75. The first-order valence-electron chi connectivity index (χ1n) is 17.4. The zero-order valence-electron chi connectivity index (χ0n) is 32.6. The van der Waals surface area contributed by atoms with Crippen LogP contribution in [0.2, 0.25) is 0 Å². The van der Waals surface area contributed by atoms with Crippen molar-refractivity contribution in [2.24, 2.45) is 16.9 Å². The van der Waals surface area contributed by atoms with Crippen molar-refractivity contribution in [1.82, 2.24) is 25.8 Å². The molecule has 0 atom stereocenters. The first-order chi connectivity index (χ1) is 23.6. The molecule has 0 spiro atoms. The molecule has 1 saturated heterocycles. The summed E-state index contributed by atoms with van der Waals surface area (Å²) in [6, 6.07) is 8.18. The van der Waals surface area contributed by atoms with Crippen molar-refractivity contribution < 1.29 is 22.8 Å². The van der Waals surface area contributed by atoms with Gasteiger partial charge in [-0.3, -0.25) is 5.43 Å². The van der Waals surface area contributed by atoms with E-state index in [0.717, 1.165) is 31.1 Å². The topological polar surface area (TPSA) is 134 Å². The van der Waals surface area contributed by atoms with Gasteiger partial charge in [-0.1, -0.05) is 101 Å². The van der Waals surface area contributed by atoms with Gasteiger partial charge in [0, 0.05) is 46.4 Å². The minimum atomic E-state index is -0.306. The number of ether oxygens (including phenoxy) is 2. The molecule has 2 aliphatic heterocycles. The summed E-state index contributed by atoms with van der Waals surface area (Å²) in [7, 11) is 0. The summed E-state index contributed by atoms with van der Waals surface area (Å²) in [6.07, 6.45) is 5.39. The molecule has 0 unspecified atom stereocenters. The molecule has 2 aliphatic rings. The lowest BCUT2D eigenvalue weighted by Crippen LogP contribution is -2.31. The Morgan fingerprint density at radius 1 is 0.800 bits per heavy atom. The number of hydrogen-bond donors (Lipinski definition) is 1. The van der Waals surface area contributed by atoms with Crippen LogP contribution in [-0.4, -0.2) is 45.1 Å². The van der Waals surface area contributed by atoms with E-state index in [0.29, 0.717) is 47.3 Å². The van der Waals surface area contributed by atoms with Gasteiger partial charge >= 0.3 is 0 Å². The summed E-state index contributed by atoms with van der Waals surface area (Å²) < 4.78 is 25.5. The van der Waals surface area contributed by atoms with Crippen LogP contribution < -0.4 is 5.43 Å². The number of rotatable bonds is 6. The first kappa shape index (κ1) is 44.4. The Labute approximate surface area is 304 Å². The van der Waals surface area contributed by atoms with Gasteiger partial charge in [0.2, 0.25) is 18.2 Å². The van der Waals surface area contributed by atoms with Gasteiger partial charge in [-0.05, 0) is 42.3 Å². The highest BCUT2D eigenvalue weighted by atomic mass is 32.1. The summed E-state index contributed by atoms with van der Waals surface area (Å²) in [4.78, 5) is 5.31. The Morgan fingerprint density at radius 3 is 1.70 bits per heavy atom. The van der Waals surface area contributed by atoms with Gasteiger partial charge in [-0.15, -0.1) is 21.5 Å². The Morgan fingerprint density at radius 2 is 1.46 bits per heavy atom. The number of furan rings is 1. The molecular formula is C38H62N6O5S. The maximum Gasteiger partial charge on any atom is 0.228 e. The van der Waals surface area contributed by atoms with Crippen LogP contribution in [0, 0.1) is 11.8 Å². The van der Waals surface area contributed by atoms with Crippen molar-refractivity contribution in [2.75, 3.05) is 13.2 Å². The molecule has 1 fully saturated rings. The molecule has 0 saturated carbocycles. The third-order valence-corrected chi connectivity index (χ3v) is 8.47. The highest BCUT2D eigenvalue weighted by Gasteiger charge is 2.34. The summed E-state index contributed by atoms with van der Waals surface area (Å²) in [5.41, 5.74) is 5.07. The molecule has 50 heavy (non-hydrogen) atoms. The van der Waals surface area contributed by atoms with Crippen LogP contribution in [0.25, 0.3) is 0 Å². The number of aromatic nitrogens is 4. The molecule has 4 aromatic heterocycles. The summed E-state index contributed by atoms with van der Waals surface area (Å²) in [5.74, 6) is 5.06. The fourth-order valence-corrected chi connectivity index (χ4v) is 4.50. The zero-order valence-corrected chi connectivity index (χ0v) is 33.4. The van der Waals surface area contributed by atoms with Gasteiger partial charge in [0.05, 0.1) is 19.5 Å². The van der Waals surface area contributed by atoms with E-state index in [9.17, 15) is 0 Å². The van der Waals surface area contributed by atoms with Crippen molar-refractivity contribution in [3.05, 3.63) is 83.3 Å². The van der Waals surface area contributed by atoms with E-state index in [1.54, 1.807) is 6.26 Å². The molecule has 6 rings (SSSR count). The predicted molar refractivity (Wildman–Crippen MR) is 202 cm³/mol. The molecule has 4 aromatic rings. The van der Waals surface area contributed by atoms with E-state index in [1.165, 1.54) is 23.3 Å². The van der Waals surface area contributed by atoms with Crippen molar-refractivity contribution in [1.29, 1.82) is 0 Å². The zero-order chi connectivity index (χ0) is 37.7. The smallest absolute Gasteiger partial charge is 0.228 e. The van der Waals surface area contributed by atoms with Gasteiger partial charge in [0.25, 0.3) is 0 Å². The average Bonchev–Trinajstić information content (AvgIpc) is 3.92. The number of hydrogen-bond acceptors (Lipinski definition) is 12. The lowest BCUT2D eigenvalue weighted by Gasteiger charge is -2.26. The second kappa shape index (κ2) is 23.7. The van der Waals surface area contributed by atoms with Crippen LogP contribution in [0.3, 0.4) is 0 Å². The lowest BCUT2D eigenvalue weighted by atomic mass is 10.1.